The zero-order valence-electron chi connectivity index (χ0n) is 21.0. The van der Waals surface area contributed by atoms with E-state index in [1.807, 2.05) is 30.3 Å². The van der Waals surface area contributed by atoms with E-state index in [2.05, 4.69) is 5.10 Å². The Labute approximate surface area is 223 Å². The fourth-order valence-electron chi connectivity index (χ4n) is 4.83. The molecule has 2 fully saturated rings. The number of esters is 1. The standard InChI is InChI=1S/C27H27N5O7/c33-25(16-30-15-12-23(28-30)20-6-8-22(9-7-20)32(36)37)29-13-10-21(11-14-29)31-24(18-39-27(31)35)26(34)38-17-19-4-2-1-3-5-19/h1-9,12,15,21,24H,10-11,13-14,16-18H2/t24-/m0/s1. The van der Waals surface area contributed by atoms with Crippen LogP contribution in [-0.2, 0) is 32.2 Å². The quantitative estimate of drug-likeness (QED) is 0.245. The number of ether oxygens (including phenoxy) is 2. The summed E-state index contributed by atoms with van der Waals surface area (Å²) in [5.74, 6) is -0.625. The number of hydrogen-bond donors (Lipinski definition) is 0. The molecule has 202 valence electrons. The Morgan fingerprint density at radius 1 is 1.05 bits per heavy atom. The van der Waals surface area contributed by atoms with Gasteiger partial charge < -0.3 is 14.4 Å². The van der Waals surface area contributed by atoms with Crippen LogP contribution in [0.25, 0.3) is 11.3 Å². The second-order valence-corrected chi connectivity index (χ2v) is 9.41. The summed E-state index contributed by atoms with van der Waals surface area (Å²) in [6.07, 6.45) is 2.16. The lowest BCUT2D eigenvalue weighted by atomic mass is 10.0. The number of nitro benzene ring substituents is 1. The minimum Gasteiger partial charge on any atom is -0.459 e. The smallest absolute Gasteiger partial charge is 0.410 e. The number of non-ortho nitro benzene ring substituents is 1. The van der Waals surface area contributed by atoms with Crippen molar-refractivity contribution in [2.24, 2.45) is 0 Å². The molecule has 0 unspecified atom stereocenters. The van der Waals surface area contributed by atoms with Crippen LogP contribution in [0.4, 0.5) is 10.5 Å². The molecule has 0 N–H and O–H groups in total. The summed E-state index contributed by atoms with van der Waals surface area (Å²) in [5.41, 5.74) is 2.16. The van der Waals surface area contributed by atoms with Crippen LogP contribution >= 0.6 is 0 Å². The van der Waals surface area contributed by atoms with Crippen LogP contribution < -0.4 is 0 Å². The van der Waals surface area contributed by atoms with Crippen molar-refractivity contribution in [3.8, 4) is 11.3 Å². The summed E-state index contributed by atoms with van der Waals surface area (Å²) in [6, 6.07) is 16.1. The third-order valence-corrected chi connectivity index (χ3v) is 6.93. The summed E-state index contributed by atoms with van der Waals surface area (Å²) in [7, 11) is 0. The Morgan fingerprint density at radius 2 is 1.77 bits per heavy atom. The molecule has 3 heterocycles. The molecule has 0 aliphatic carbocycles. The van der Waals surface area contributed by atoms with Gasteiger partial charge >= 0.3 is 12.1 Å². The van der Waals surface area contributed by atoms with Crippen molar-refractivity contribution in [3.63, 3.8) is 0 Å². The van der Waals surface area contributed by atoms with Gasteiger partial charge in [-0.1, -0.05) is 30.3 Å². The zero-order valence-corrected chi connectivity index (χ0v) is 21.0. The number of aromatic nitrogens is 2. The maximum absolute atomic E-state index is 12.9. The van der Waals surface area contributed by atoms with Crippen LogP contribution in [0.1, 0.15) is 18.4 Å². The topological polar surface area (TPSA) is 137 Å². The molecule has 0 spiro atoms. The number of carbonyl (C=O) groups excluding carboxylic acids is 3. The Hall–Kier alpha value is -4.74. The summed E-state index contributed by atoms with van der Waals surface area (Å²) >= 11 is 0. The van der Waals surface area contributed by atoms with Gasteiger partial charge in [-0.05, 0) is 36.6 Å². The van der Waals surface area contributed by atoms with E-state index in [-0.39, 0.29) is 37.4 Å². The first-order valence-electron chi connectivity index (χ1n) is 12.6. The van der Waals surface area contributed by atoms with Crippen LogP contribution in [0.5, 0.6) is 0 Å². The fourth-order valence-corrected chi connectivity index (χ4v) is 4.83. The second kappa shape index (κ2) is 11.3. The highest BCUT2D eigenvalue weighted by Crippen LogP contribution is 2.26. The van der Waals surface area contributed by atoms with Crippen LogP contribution in [0.15, 0.2) is 66.9 Å². The second-order valence-electron chi connectivity index (χ2n) is 9.41. The number of amides is 2. The molecule has 2 aromatic carbocycles. The molecule has 2 aliphatic heterocycles. The molecule has 1 aromatic heterocycles. The van der Waals surface area contributed by atoms with E-state index in [0.29, 0.717) is 37.2 Å². The van der Waals surface area contributed by atoms with Gasteiger partial charge in [-0.15, -0.1) is 0 Å². The average Bonchev–Trinajstić information content (AvgIpc) is 3.59. The lowest BCUT2D eigenvalue weighted by Crippen LogP contribution is -2.52. The number of carbonyl (C=O) groups is 3. The van der Waals surface area contributed by atoms with Gasteiger partial charge in [0.15, 0.2) is 6.04 Å². The van der Waals surface area contributed by atoms with Crippen molar-refractivity contribution in [2.75, 3.05) is 19.7 Å². The highest BCUT2D eigenvalue weighted by Gasteiger charge is 2.44. The number of rotatable bonds is 8. The van der Waals surface area contributed by atoms with E-state index >= 15 is 0 Å². The number of nitro groups is 1. The van der Waals surface area contributed by atoms with E-state index < -0.39 is 23.0 Å². The highest BCUT2D eigenvalue weighted by molar-refractivity contribution is 5.84. The van der Waals surface area contributed by atoms with Gasteiger partial charge in [0.25, 0.3) is 5.69 Å². The third kappa shape index (κ3) is 5.89. The number of piperidine rings is 1. The van der Waals surface area contributed by atoms with Gasteiger partial charge in [-0.2, -0.15) is 5.10 Å². The van der Waals surface area contributed by atoms with Crippen molar-refractivity contribution >= 4 is 23.7 Å². The van der Waals surface area contributed by atoms with Crippen LogP contribution in [0, 0.1) is 10.1 Å². The molecule has 2 saturated heterocycles. The minimum atomic E-state index is -0.810. The van der Waals surface area contributed by atoms with Crippen molar-refractivity contribution in [2.45, 2.75) is 38.1 Å². The molecular formula is C27H27N5O7. The third-order valence-electron chi connectivity index (χ3n) is 6.93. The van der Waals surface area contributed by atoms with E-state index in [4.69, 9.17) is 9.47 Å². The molecule has 12 nitrogen and oxygen atoms in total. The Morgan fingerprint density at radius 3 is 2.46 bits per heavy atom. The lowest BCUT2D eigenvalue weighted by Gasteiger charge is -2.37. The minimum absolute atomic E-state index is 0.00523. The molecule has 0 bridgehead atoms. The number of hydrogen-bond acceptors (Lipinski definition) is 8. The number of likely N-dealkylation sites (tertiary alicyclic amines) is 1. The zero-order chi connectivity index (χ0) is 27.4. The van der Waals surface area contributed by atoms with Gasteiger partial charge in [0.05, 0.1) is 10.6 Å². The maximum atomic E-state index is 12.9. The summed E-state index contributed by atoms with van der Waals surface area (Å²) in [5, 5.41) is 15.3. The number of nitrogens with zero attached hydrogens (tertiary/aromatic N) is 5. The average molecular weight is 534 g/mol. The van der Waals surface area contributed by atoms with Crippen LogP contribution in [-0.4, -0.2) is 74.3 Å². The van der Waals surface area contributed by atoms with Gasteiger partial charge in [0, 0.05) is 43.0 Å². The molecule has 1 atom stereocenters. The van der Waals surface area contributed by atoms with Gasteiger partial charge in [-0.3, -0.25) is 24.5 Å². The SMILES string of the molecule is O=C(OCc1ccccc1)[C@@H]1COC(=O)N1C1CCN(C(=O)Cn2ccc(-c3ccc([N+](=O)[O-])cc3)n2)CC1. The predicted octanol–water partition coefficient (Wildman–Crippen LogP) is 3.01. The fraction of sp³-hybridized carbons (Fsp3) is 0.333. The first-order chi connectivity index (χ1) is 18.9. The van der Waals surface area contributed by atoms with E-state index in [1.165, 1.54) is 21.7 Å². The summed E-state index contributed by atoms with van der Waals surface area (Å²) < 4.78 is 12.1. The van der Waals surface area contributed by atoms with E-state index in [1.54, 1.807) is 29.3 Å². The van der Waals surface area contributed by atoms with Crippen molar-refractivity contribution in [3.05, 3.63) is 82.5 Å². The first kappa shape index (κ1) is 25.9. The summed E-state index contributed by atoms with van der Waals surface area (Å²) in [6.45, 7) is 0.954. The van der Waals surface area contributed by atoms with Gasteiger partial charge in [0.2, 0.25) is 5.91 Å². The molecule has 39 heavy (non-hydrogen) atoms. The van der Waals surface area contributed by atoms with E-state index in [9.17, 15) is 24.5 Å². The Balaban J connectivity index is 1.13. The first-order valence-corrected chi connectivity index (χ1v) is 12.6. The number of benzene rings is 2. The maximum Gasteiger partial charge on any atom is 0.410 e. The molecule has 5 rings (SSSR count). The molecule has 2 amide bonds. The van der Waals surface area contributed by atoms with E-state index in [0.717, 1.165) is 5.56 Å². The van der Waals surface area contributed by atoms with Gasteiger partial charge in [-0.25, -0.2) is 9.59 Å². The highest BCUT2D eigenvalue weighted by atomic mass is 16.6. The molecule has 12 heteroatoms. The van der Waals surface area contributed by atoms with Crippen molar-refractivity contribution in [1.82, 2.24) is 19.6 Å². The molecule has 3 aromatic rings. The summed E-state index contributed by atoms with van der Waals surface area (Å²) in [4.78, 5) is 51.7. The monoisotopic (exact) mass is 533 g/mol. The lowest BCUT2D eigenvalue weighted by molar-refractivity contribution is -0.384. The largest absolute Gasteiger partial charge is 0.459 e. The predicted molar refractivity (Wildman–Crippen MR) is 137 cm³/mol. The Bertz CT molecular complexity index is 1350. The molecular weight excluding hydrogens is 506 g/mol. The van der Waals surface area contributed by atoms with Crippen LogP contribution in [0.3, 0.4) is 0 Å². The molecule has 0 radical (unpaired) electrons. The number of cyclic esters (lactones) is 1. The normalized spacial score (nSPS) is 17.6. The molecule has 0 saturated carbocycles. The Kier molecular flexibility index (Phi) is 7.53. The molecule has 2 aliphatic rings. The van der Waals surface area contributed by atoms with Gasteiger partial charge in [0.1, 0.15) is 19.8 Å². The van der Waals surface area contributed by atoms with Crippen molar-refractivity contribution < 1.29 is 28.8 Å². The van der Waals surface area contributed by atoms with Crippen LogP contribution in [0.2, 0.25) is 0 Å². The van der Waals surface area contributed by atoms with Crippen molar-refractivity contribution in [1.29, 1.82) is 0 Å².